The Morgan fingerprint density at radius 2 is 1.84 bits per heavy atom. The van der Waals surface area contributed by atoms with Crippen LogP contribution in [0.1, 0.15) is 31.2 Å². The van der Waals surface area contributed by atoms with Crippen LogP contribution in [-0.4, -0.2) is 20.0 Å². The normalized spacial score (nSPS) is 16.0. The lowest BCUT2D eigenvalue weighted by Crippen LogP contribution is -2.12. The Balaban J connectivity index is 1.44. The van der Waals surface area contributed by atoms with Gasteiger partial charge in [-0.05, 0) is 55.5 Å². The van der Waals surface area contributed by atoms with Gasteiger partial charge in [-0.25, -0.2) is 0 Å². The molecule has 25 heavy (non-hydrogen) atoms. The largest absolute Gasteiger partial charge is 0.493 e. The summed E-state index contributed by atoms with van der Waals surface area (Å²) >= 11 is 0. The predicted octanol–water partition coefficient (Wildman–Crippen LogP) is 4.36. The molecule has 2 aromatic rings. The van der Waals surface area contributed by atoms with Gasteiger partial charge >= 0.3 is 0 Å². The van der Waals surface area contributed by atoms with Gasteiger partial charge in [-0.1, -0.05) is 6.07 Å². The Morgan fingerprint density at radius 1 is 1.00 bits per heavy atom. The van der Waals surface area contributed by atoms with E-state index < -0.39 is 0 Å². The van der Waals surface area contributed by atoms with Gasteiger partial charge in [0.1, 0.15) is 0 Å². The molecule has 0 atom stereocenters. The highest BCUT2D eigenvalue weighted by atomic mass is 16.7. The summed E-state index contributed by atoms with van der Waals surface area (Å²) in [5.74, 6) is 3.20. The molecule has 1 heterocycles. The first-order valence-corrected chi connectivity index (χ1v) is 8.79. The van der Waals surface area contributed by atoms with Gasteiger partial charge in [0.25, 0.3) is 0 Å². The quantitative estimate of drug-likeness (QED) is 0.846. The lowest BCUT2D eigenvalue weighted by atomic mass is 10.2. The van der Waals surface area contributed by atoms with E-state index in [0.29, 0.717) is 19.4 Å². The molecule has 0 bridgehead atoms. The fourth-order valence-electron chi connectivity index (χ4n) is 3.32. The number of hydrogen-bond donors (Lipinski definition) is 1. The maximum absolute atomic E-state index is 6.15. The topological polar surface area (TPSA) is 49.0 Å². The molecule has 4 rings (SSSR count). The zero-order chi connectivity index (χ0) is 17.1. The number of anilines is 1. The Kier molecular flexibility index (Phi) is 4.55. The second-order valence-electron chi connectivity index (χ2n) is 6.43. The summed E-state index contributed by atoms with van der Waals surface area (Å²) in [6.45, 7) is 0.998. The minimum absolute atomic E-state index is 0.298. The molecule has 1 fully saturated rings. The van der Waals surface area contributed by atoms with Gasteiger partial charge < -0.3 is 24.3 Å². The summed E-state index contributed by atoms with van der Waals surface area (Å²) < 4.78 is 22.4. The Morgan fingerprint density at radius 3 is 2.68 bits per heavy atom. The molecule has 1 aliphatic carbocycles. The molecule has 5 heteroatoms. The molecule has 2 aromatic carbocycles. The van der Waals surface area contributed by atoms with Crippen LogP contribution in [0, 0.1) is 0 Å². The summed E-state index contributed by atoms with van der Waals surface area (Å²) in [5, 5.41) is 3.44. The Hall–Kier alpha value is -2.56. The maximum atomic E-state index is 6.15. The van der Waals surface area contributed by atoms with E-state index in [-0.39, 0.29) is 0 Å². The molecule has 5 nitrogen and oxygen atoms in total. The number of ether oxygens (including phenoxy) is 4. The van der Waals surface area contributed by atoms with Gasteiger partial charge in [-0.2, -0.15) is 0 Å². The van der Waals surface area contributed by atoms with Crippen molar-refractivity contribution >= 4 is 5.69 Å². The molecule has 2 aliphatic rings. The SMILES string of the molecule is COc1ccc(NCc2ccc3c(c2)OCO3)cc1OC1CCCC1. The van der Waals surface area contributed by atoms with E-state index in [4.69, 9.17) is 18.9 Å². The van der Waals surface area contributed by atoms with E-state index >= 15 is 0 Å². The van der Waals surface area contributed by atoms with E-state index in [2.05, 4.69) is 5.32 Å². The monoisotopic (exact) mass is 341 g/mol. The standard InChI is InChI=1S/C20H23NO4/c1-22-17-9-7-15(11-20(17)25-16-4-2-3-5-16)21-12-14-6-8-18-19(10-14)24-13-23-18/h6-11,16,21H,2-5,12-13H2,1H3. The van der Waals surface area contributed by atoms with Crippen LogP contribution >= 0.6 is 0 Å². The molecule has 0 unspecified atom stereocenters. The Labute approximate surface area is 147 Å². The molecule has 0 amide bonds. The van der Waals surface area contributed by atoms with Gasteiger partial charge in [0, 0.05) is 18.3 Å². The number of rotatable bonds is 6. The summed E-state index contributed by atoms with van der Waals surface area (Å²) in [6, 6.07) is 12.0. The Bertz CT molecular complexity index is 740. The van der Waals surface area contributed by atoms with Crippen molar-refractivity contribution in [1.82, 2.24) is 0 Å². The van der Waals surface area contributed by atoms with Crippen LogP contribution < -0.4 is 24.3 Å². The van der Waals surface area contributed by atoms with Crippen LogP contribution in [0.3, 0.4) is 0 Å². The van der Waals surface area contributed by atoms with Crippen LogP contribution in [0.4, 0.5) is 5.69 Å². The summed E-state index contributed by atoms with van der Waals surface area (Å²) in [6.07, 6.45) is 5.04. The minimum Gasteiger partial charge on any atom is -0.493 e. The lowest BCUT2D eigenvalue weighted by molar-refractivity contribution is 0.174. The first-order chi connectivity index (χ1) is 12.3. The van der Waals surface area contributed by atoms with E-state index in [1.807, 2.05) is 36.4 Å². The van der Waals surface area contributed by atoms with Crippen molar-refractivity contribution in [3.05, 3.63) is 42.0 Å². The van der Waals surface area contributed by atoms with Crippen LogP contribution in [0.15, 0.2) is 36.4 Å². The zero-order valence-electron chi connectivity index (χ0n) is 14.4. The van der Waals surface area contributed by atoms with Gasteiger partial charge in [0.2, 0.25) is 6.79 Å². The number of benzene rings is 2. The number of nitrogens with one attached hydrogen (secondary N) is 1. The van der Waals surface area contributed by atoms with Crippen molar-refractivity contribution in [3.8, 4) is 23.0 Å². The molecule has 1 aliphatic heterocycles. The molecule has 1 saturated carbocycles. The molecule has 0 spiro atoms. The first-order valence-electron chi connectivity index (χ1n) is 8.79. The maximum Gasteiger partial charge on any atom is 0.231 e. The smallest absolute Gasteiger partial charge is 0.231 e. The zero-order valence-corrected chi connectivity index (χ0v) is 14.4. The number of methoxy groups -OCH3 is 1. The molecule has 1 N–H and O–H groups in total. The molecule has 132 valence electrons. The van der Waals surface area contributed by atoms with Crippen LogP contribution in [-0.2, 0) is 6.54 Å². The van der Waals surface area contributed by atoms with Crippen molar-refractivity contribution in [2.75, 3.05) is 19.2 Å². The van der Waals surface area contributed by atoms with Crippen molar-refractivity contribution < 1.29 is 18.9 Å². The van der Waals surface area contributed by atoms with E-state index in [0.717, 1.165) is 47.1 Å². The van der Waals surface area contributed by atoms with Gasteiger partial charge in [0.15, 0.2) is 23.0 Å². The van der Waals surface area contributed by atoms with Gasteiger partial charge in [0.05, 0.1) is 13.2 Å². The number of hydrogen-bond acceptors (Lipinski definition) is 5. The molecule has 0 saturated heterocycles. The average molecular weight is 341 g/mol. The minimum atomic E-state index is 0.298. The van der Waals surface area contributed by atoms with Crippen molar-refractivity contribution in [2.24, 2.45) is 0 Å². The average Bonchev–Trinajstić information content (AvgIpc) is 3.31. The van der Waals surface area contributed by atoms with Crippen molar-refractivity contribution in [1.29, 1.82) is 0 Å². The number of fused-ring (bicyclic) bond motifs is 1. The molecule has 0 aromatic heterocycles. The summed E-state index contributed by atoms with van der Waals surface area (Å²) in [7, 11) is 1.68. The fraction of sp³-hybridized carbons (Fsp3) is 0.400. The van der Waals surface area contributed by atoms with Gasteiger partial charge in [-0.3, -0.25) is 0 Å². The third-order valence-electron chi connectivity index (χ3n) is 4.69. The van der Waals surface area contributed by atoms with Gasteiger partial charge in [-0.15, -0.1) is 0 Å². The highest BCUT2D eigenvalue weighted by Crippen LogP contribution is 2.35. The van der Waals surface area contributed by atoms with Crippen molar-refractivity contribution in [3.63, 3.8) is 0 Å². The predicted molar refractivity (Wildman–Crippen MR) is 95.8 cm³/mol. The van der Waals surface area contributed by atoms with Crippen molar-refractivity contribution in [2.45, 2.75) is 38.3 Å². The molecule has 0 radical (unpaired) electrons. The van der Waals surface area contributed by atoms with Crippen LogP contribution in [0.2, 0.25) is 0 Å². The lowest BCUT2D eigenvalue weighted by Gasteiger charge is -2.17. The van der Waals surface area contributed by atoms with Crippen LogP contribution in [0.5, 0.6) is 23.0 Å². The first kappa shape index (κ1) is 15.9. The van der Waals surface area contributed by atoms with E-state index in [1.165, 1.54) is 12.8 Å². The summed E-state index contributed by atoms with van der Waals surface area (Å²) in [5.41, 5.74) is 2.14. The molecular formula is C20H23NO4. The third-order valence-corrected chi connectivity index (χ3v) is 4.69. The summed E-state index contributed by atoms with van der Waals surface area (Å²) in [4.78, 5) is 0. The molecular weight excluding hydrogens is 318 g/mol. The highest BCUT2D eigenvalue weighted by molar-refractivity contribution is 5.55. The third kappa shape index (κ3) is 3.60. The van der Waals surface area contributed by atoms with E-state index in [9.17, 15) is 0 Å². The van der Waals surface area contributed by atoms with Crippen LogP contribution in [0.25, 0.3) is 0 Å². The fourth-order valence-corrected chi connectivity index (χ4v) is 3.32. The second kappa shape index (κ2) is 7.13. The highest BCUT2D eigenvalue weighted by Gasteiger charge is 2.19. The van der Waals surface area contributed by atoms with E-state index in [1.54, 1.807) is 7.11 Å². The second-order valence-corrected chi connectivity index (χ2v) is 6.43.